The highest BCUT2D eigenvalue weighted by atomic mass is 32.2. The number of amides is 10. The van der Waals surface area contributed by atoms with Crippen molar-refractivity contribution in [2.24, 2.45) is 45.9 Å². The van der Waals surface area contributed by atoms with Gasteiger partial charge in [-0.1, -0.05) is 142 Å². The van der Waals surface area contributed by atoms with Crippen molar-refractivity contribution in [3.8, 4) is 0 Å². The maximum atomic E-state index is 14.5. The Morgan fingerprint density at radius 1 is 0.269 bits per heavy atom. The summed E-state index contributed by atoms with van der Waals surface area (Å²) in [5.41, 5.74) is 47.2. The molecule has 104 heavy (non-hydrogen) atoms. The maximum Gasteiger partial charge on any atom is 0.244 e. The van der Waals surface area contributed by atoms with E-state index in [4.69, 9.17) is 45.9 Å². The van der Waals surface area contributed by atoms with E-state index in [0.717, 1.165) is 51.4 Å². The molecule has 0 spiro atoms. The highest BCUT2D eigenvalue weighted by Gasteiger charge is 2.33. The fourth-order valence-corrected chi connectivity index (χ4v) is 13.4. The molecule has 10 atom stereocenters. The van der Waals surface area contributed by atoms with Crippen LogP contribution in [0.2, 0.25) is 0 Å². The molecule has 0 radical (unpaired) electrons. The number of carbonyl (C=O) groups is 10. The van der Waals surface area contributed by atoms with Gasteiger partial charge in [0.1, 0.15) is 36.3 Å². The van der Waals surface area contributed by atoms with Crippen LogP contribution in [0.15, 0.2) is 0 Å². The number of hydrogen-bond donors (Lipinski definition) is 20. The van der Waals surface area contributed by atoms with Crippen LogP contribution in [-0.4, -0.2) is 218 Å². The van der Waals surface area contributed by atoms with E-state index in [1.54, 1.807) is 0 Å². The van der Waals surface area contributed by atoms with E-state index in [2.05, 4.69) is 67.0 Å². The van der Waals surface area contributed by atoms with Gasteiger partial charge in [-0.15, -0.1) is 0 Å². The number of hydrogen-bond acceptors (Lipinski definition) is 22. The minimum atomic E-state index is -1.39. The van der Waals surface area contributed by atoms with E-state index < -0.39 is 121 Å². The van der Waals surface area contributed by atoms with Gasteiger partial charge in [0.05, 0.1) is 37.4 Å². The molecule has 0 rings (SSSR count). The van der Waals surface area contributed by atoms with Crippen LogP contribution in [0.25, 0.3) is 0 Å². The van der Waals surface area contributed by atoms with Crippen LogP contribution < -0.4 is 99.0 Å². The van der Waals surface area contributed by atoms with E-state index in [1.165, 1.54) is 87.7 Å². The molecule has 0 aliphatic heterocycles. The standard InChI is InChI=1S/C72H144N18O12S2/c1-3-5-7-9-11-13-15-17-19-27-43-83-67(97)59(49-91)87-71(101)61(89-69(99)57(85-65(95)55(79)33-21-25-39-73)37-23-29-45-81-63(93)53(77)35-31-41-75)51-103-47-48-104-52-62(72(102)88-60(50-92)68(98)84-44-28-20-18-16-14-12-10-8-6-4-2)90-70(100)58(86-66(96)56(80)34-22-26-40-74)38-24-30-46-82-64(94)54(78)36-32-42-76/h53-62,91-92H,3-52,73-80H2,1-2H3,(H,81,93)(H,82,94)(H,83,97)(H,84,98)(H,85,95)(H,86,96)(H,87,101)(H,88,102)(H,89,99)(H,90,100). The first-order chi connectivity index (χ1) is 50.2. The van der Waals surface area contributed by atoms with E-state index in [0.29, 0.717) is 129 Å². The number of thioether (sulfide) groups is 2. The molecule has 0 saturated heterocycles. The third-order valence-corrected chi connectivity index (χ3v) is 20.3. The monoisotopic (exact) mass is 1520 g/mol. The number of nitrogens with two attached hydrogens (primary N) is 8. The predicted molar refractivity (Wildman–Crippen MR) is 418 cm³/mol. The molecule has 0 aromatic carbocycles. The van der Waals surface area contributed by atoms with Crippen molar-refractivity contribution in [2.45, 2.75) is 305 Å². The van der Waals surface area contributed by atoms with Crippen molar-refractivity contribution in [1.29, 1.82) is 0 Å². The average Bonchev–Trinajstić information content (AvgIpc) is 0.881. The molecule has 0 bridgehead atoms. The molecule has 10 amide bonds. The Morgan fingerprint density at radius 3 is 0.817 bits per heavy atom. The van der Waals surface area contributed by atoms with E-state index in [-0.39, 0.29) is 73.6 Å². The second-order valence-corrected chi connectivity index (χ2v) is 29.6. The molecule has 32 heteroatoms. The maximum absolute atomic E-state index is 14.5. The zero-order valence-electron chi connectivity index (χ0n) is 63.5. The fourth-order valence-electron chi connectivity index (χ4n) is 11.2. The third-order valence-electron chi connectivity index (χ3n) is 17.9. The van der Waals surface area contributed by atoms with E-state index in [1.807, 2.05) is 0 Å². The summed E-state index contributed by atoms with van der Waals surface area (Å²) in [4.78, 5) is 137. The van der Waals surface area contributed by atoms with Crippen molar-refractivity contribution < 1.29 is 58.2 Å². The fraction of sp³-hybridized carbons (Fsp3) is 0.861. The molecule has 30 nitrogen and oxygen atoms in total. The Balaban J connectivity index is 6.96. The molecular weight excluding hydrogens is 1370 g/mol. The molecule has 0 aromatic heterocycles. The van der Waals surface area contributed by atoms with Gasteiger partial charge in [0.15, 0.2) is 0 Å². The molecule has 0 heterocycles. The van der Waals surface area contributed by atoms with E-state index in [9.17, 15) is 58.2 Å². The summed E-state index contributed by atoms with van der Waals surface area (Å²) in [7, 11) is 0. The van der Waals surface area contributed by atoms with Gasteiger partial charge < -0.3 is 109 Å². The second kappa shape index (κ2) is 67.4. The summed E-state index contributed by atoms with van der Waals surface area (Å²) in [6.45, 7) is 5.48. The molecular formula is C72H144N18O12S2. The lowest BCUT2D eigenvalue weighted by atomic mass is 10.1. The molecule has 0 aromatic rings. The van der Waals surface area contributed by atoms with Crippen molar-refractivity contribution in [2.75, 3.05) is 88.6 Å². The van der Waals surface area contributed by atoms with Crippen LogP contribution in [0.3, 0.4) is 0 Å². The quantitative estimate of drug-likeness (QED) is 0.0378. The Hall–Kier alpha value is -5.00. The van der Waals surface area contributed by atoms with Gasteiger partial charge in [-0.05, 0) is 129 Å². The Kier molecular flexibility index (Phi) is 64.1. The summed E-state index contributed by atoms with van der Waals surface area (Å²) in [5.74, 6) is -5.92. The molecule has 0 saturated carbocycles. The smallest absolute Gasteiger partial charge is 0.244 e. The van der Waals surface area contributed by atoms with Crippen molar-refractivity contribution >= 4 is 82.6 Å². The topological polar surface area (TPSA) is 540 Å². The molecule has 10 unspecified atom stereocenters. The van der Waals surface area contributed by atoms with Gasteiger partial charge in [0, 0.05) is 49.2 Å². The SMILES string of the molecule is CCCCCCCCCCCCNC(=O)C(CO)NC(=O)C(CSCCSCC(NC(=O)C(CCCCNC(=O)C(N)CCCN)NC(=O)C(N)CCCCN)C(=O)NC(CO)C(=O)NCCCCCCCCCCCC)NC(=O)C(CCCCNC(=O)C(N)CCCN)NC(=O)C(N)CCCCN. The minimum absolute atomic E-state index is 0.0662. The van der Waals surface area contributed by atoms with Crippen LogP contribution in [-0.2, 0) is 47.9 Å². The Labute approximate surface area is 630 Å². The zero-order chi connectivity index (χ0) is 77.4. The number of rotatable bonds is 71. The molecule has 0 aliphatic carbocycles. The number of aliphatic hydroxyl groups is 2. The lowest BCUT2D eigenvalue weighted by molar-refractivity contribution is -0.134. The van der Waals surface area contributed by atoms with Crippen LogP contribution in [0, 0.1) is 0 Å². The molecule has 28 N–H and O–H groups in total. The molecule has 0 fully saturated rings. The summed E-state index contributed by atoms with van der Waals surface area (Å²) in [5, 5.41) is 48.4. The highest BCUT2D eigenvalue weighted by molar-refractivity contribution is 8.03. The summed E-state index contributed by atoms with van der Waals surface area (Å²) >= 11 is 2.44. The number of nitrogens with one attached hydrogen (secondary N) is 10. The Morgan fingerprint density at radius 2 is 0.510 bits per heavy atom. The van der Waals surface area contributed by atoms with Gasteiger partial charge in [-0.3, -0.25) is 47.9 Å². The van der Waals surface area contributed by atoms with Gasteiger partial charge >= 0.3 is 0 Å². The minimum Gasteiger partial charge on any atom is -0.394 e. The van der Waals surface area contributed by atoms with Gasteiger partial charge in [0.2, 0.25) is 59.1 Å². The summed E-state index contributed by atoms with van der Waals surface area (Å²) < 4.78 is 0. The first kappa shape index (κ1) is 99.0. The molecule has 0 aliphatic rings. The first-order valence-corrected chi connectivity index (χ1v) is 41.6. The third kappa shape index (κ3) is 51.3. The number of carbonyl (C=O) groups excluding carboxylic acids is 10. The average molecular weight is 1520 g/mol. The van der Waals surface area contributed by atoms with Crippen LogP contribution in [0.5, 0.6) is 0 Å². The summed E-state index contributed by atoms with van der Waals surface area (Å²) in [6.07, 6.45) is 28.3. The lowest BCUT2D eigenvalue weighted by Gasteiger charge is -2.26. The lowest BCUT2D eigenvalue weighted by Crippen LogP contribution is -2.59. The first-order valence-electron chi connectivity index (χ1n) is 39.3. The van der Waals surface area contributed by atoms with Gasteiger partial charge in [-0.25, -0.2) is 0 Å². The van der Waals surface area contributed by atoms with Crippen molar-refractivity contribution in [3.05, 3.63) is 0 Å². The van der Waals surface area contributed by atoms with Gasteiger partial charge in [0.25, 0.3) is 0 Å². The Bertz CT molecular complexity index is 2140. The van der Waals surface area contributed by atoms with Gasteiger partial charge in [-0.2, -0.15) is 23.5 Å². The van der Waals surface area contributed by atoms with Crippen LogP contribution >= 0.6 is 23.5 Å². The van der Waals surface area contributed by atoms with Crippen LogP contribution in [0.4, 0.5) is 0 Å². The predicted octanol–water partition coefficient (Wildman–Crippen LogP) is 1.04. The molecule has 606 valence electrons. The summed E-state index contributed by atoms with van der Waals surface area (Å²) in [6, 6.07) is -11.4. The zero-order valence-corrected chi connectivity index (χ0v) is 65.2. The second-order valence-electron chi connectivity index (χ2n) is 27.3. The highest BCUT2D eigenvalue weighted by Crippen LogP contribution is 2.16. The van der Waals surface area contributed by atoms with Crippen molar-refractivity contribution in [1.82, 2.24) is 53.2 Å². The number of unbranched alkanes of at least 4 members (excludes halogenated alkanes) is 22. The van der Waals surface area contributed by atoms with Crippen molar-refractivity contribution in [3.63, 3.8) is 0 Å². The van der Waals surface area contributed by atoms with Crippen LogP contribution in [0.1, 0.15) is 245 Å². The normalized spacial score (nSPS) is 14.2. The van der Waals surface area contributed by atoms with E-state index >= 15 is 0 Å². The largest absolute Gasteiger partial charge is 0.394 e. The number of aliphatic hydroxyl groups excluding tert-OH is 2.